The summed E-state index contributed by atoms with van der Waals surface area (Å²) in [5.41, 5.74) is 0.576. The number of amides is 1. The van der Waals surface area contributed by atoms with Crippen molar-refractivity contribution in [3.8, 4) is 5.75 Å². The van der Waals surface area contributed by atoms with Crippen molar-refractivity contribution in [1.82, 2.24) is 0 Å². The van der Waals surface area contributed by atoms with E-state index in [-0.39, 0.29) is 17.8 Å². The highest BCUT2D eigenvalue weighted by atomic mass is 32.2. The fourth-order valence-electron chi connectivity index (χ4n) is 5.11. The lowest BCUT2D eigenvalue weighted by molar-refractivity contribution is -0.159. The third-order valence-corrected chi connectivity index (χ3v) is 10.5. The van der Waals surface area contributed by atoms with Gasteiger partial charge in [-0.15, -0.1) is 23.5 Å². The van der Waals surface area contributed by atoms with Crippen LogP contribution in [0.2, 0.25) is 0 Å². The highest BCUT2D eigenvalue weighted by Crippen LogP contribution is 2.64. The van der Waals surface area contributed by atoms with Crippen LogP contribution >= 0.6 is 23.5 Å². The number of thioether (sulfide) groups is 2. The number of carbonyl (C=O) groups excluding carboxylic acids is 2. The maximum absolute atomic E-state index is 12.9. The van der Waals surface area contributed by atoms with Gasteiger partial charge in [0.15, 0.2) is 6.10 Å². The molecule has 3 aliphatic rings. The summed E-state index contributed by atoms with van der Waals surface area (Å²) in [4.78, 5) is 25.4. The molecule has 2 saturated carbocycles. The molecule has 0 radical (unpaired) electrons. The molecule has 3 unspecified atom stereocenters. The number of ether oxygens (including phenoxy) is 2. The maximum Gasteiger partial charge on any atom is 0.309 e. The largest absolute Gasteiger partial charge is 0.495 e. The van der Waals surface area contributed by atoms with Crippen LogP contribution < -0.4 is 10.1 Å². The molecule has 1 N–H and O–H groups in total. The average Bonchev–Trinajstić information content (AvgIpc) is 3.17. The van der Waals surface area contributed by atoms with E-state index in [0.29, 0.717) is 27.4 Å². The van der Waals surface area contributed by atoms with Crippen molar-refractivity contribution in [1.29, 1.82) is 0 Å². The first-order chi connectivity index (χ1) is 14.0. The second-order valence-electron chi connectivity index (χ2n) is 8.18. The van der Waals surface area contributed by atoms with E-state index in [4.69, 9.17) is 9.47 Å². The van der Waals surface area contributed by atoms with Crippen LogP contribution in [-0.4, -0.2) is 40.7 Å². The van der Waals surface area contributed by atoms with E-state index in [2.05, 4.69) is 28.8 Å². The Morgan fingerprint density at radius 3 is 2.45 bits per heavy atom. The first kappa shape index (κ1) is 20.9. The van der Waals surface area contributed by atoms with Gasteiger partial charge >= 0.3 is 5.97 Å². The number of anilines is 1. The number of rotatable bonds is 5. The van der Waals surface area contributed by atoms with Crippen LogP contribution in [0.5, 0.6) is 5.75 Å². The van der Waals surface area contributed by atoms with Gasteiger partial charge in [-0.25, -0.2) is 0 Å². The first-order valence-corrected chi connectivity index (χ1v) is 12.4. The molecule has 1 heterocycles. The lowest BCUT2D eigenvalue weighted by Gasteiger charge is -2.51. The van der Waals surface area contributed by atoms with Crippen molar-refractivity contribution in [3.05, 3.63) is 24.3 Å². The third-order valence-electron chi connectivity index (χ3n) is 6.48. The summed E-state index contributed by atoms with van der Waals surface area (Å²) >= 11 is 4.26. The molecule has 3 atom stereocenters. The van der Waals surface area contributed by atoms with Gasteiger partial charge in [0.05, 0.1) is 22.8 Å². The Kier molecular flexibility index (Phi) is 6.35. The summed E-state index contributed by atoms with van der Waals surface area (Å²) in [6.07, 6.45) is 4.66. The highest BCUT2D eigenvalue weighted by molar-refractivity contribution is 8.21. The average molecular weight is 436 g/mol. The normalized spacial score (nSPS) is 28.6. The number of carbonyl (C=O) groups is 2. The lowest BCUT2D eigenvalue weighted by atomic mass is 9.67. The van der Waals surface area contributed by atoms with Crippen LogP contribution in [0, 0.1) is 17.8 Å². The number of benzene rings is 1. The lowest BCUT2D eigenvalue weighted by Crippen LogP contribution is -2.48. The van der Waals surface area contributed by atoms with E-state index in [1.165, 1.54) is 30.8 Å². The summed E-state index contributed by atoms with van der Waals surface area (Å²) in [6, 6.07) is 7.21. The van der Waals surface area contributed by atoms with E-state index < -0.39 is 6.10 Å². The minimum absolute atomic E-state index is 0.0840. The Labute approximate surface area is 181 Å². The number of hydrogen-bond acceptors (Lipinski definition) is 6. The molecule has 2 bridgehead atoms. The molecule has 4 rings (SSSR count). The number of para-hydroxylation sites is 2. The fraction of sp³-hybridized carbons (Fsp3) is 0.636. The standard InChI is InChI=1S/C22H29NO4S2/c1-14(20(24)23-18-8-3-4-9-19(18)26-2)27-21(25)15-12-16-6-5-7-17(13-15)22(16)28-10-11-29-22/h3-4,8-9,14-17H,5-7,10-13H2,1-2H3,(H,23,24). The van der Waals surface area contributed by atoms with E-state index in [9.17, 15) is 9.59 Å². The zero-order valence-electron chi connectivity index (χ0n) is 17.0. The summed E-state index contributed by atoms with van der Waals surface area (Å²) in [6.45, 7) is 1.64. The molecule has 1 spiro atoms. The van der Waals surface area contributed by atoms with Gasteiger partial charge < -0.3 is 14.8 Å². The molecular formula is C22H29NO4S2. The van der Waals surface area contributed by atoms with Crippen molar-refractivity contribution in [2.45, 2.75) is 49.2 Å². The van der Waals surface area contributed by atoms with Gasteiger partial charge in [-0.05, 0) is 56.6 Å². The molecule has 5 nitrogen and oxygen atoms in total. The minimum atomic E-state index is -0.835. The minimum Gasteiger partial charge on any atom is -0.495 e. The van der Waals surface area contributed by atoms with E-state index in [1.807, 2.05) is 12.1 Å². The number of nitrogens with one attached hydrogen (secondary N) is 1. The Hall–Kier alpha value is -1.34. The molecule has 1 amide bonds. The SMILES string of the molecule is COc1ccccc1NC(=O)C(C)OC(=O)C1CC2CCCC(C1)C21SCCS1. The second kappa shape index (κ2) is 8.80. The van der Waals surface area contributed by atoms with Crippen molar-refractivity contribution in [2.75, 3.05) is 23.9 Å². The number of esters is 1. The van der Waals surface area contributed by atoms with Crippen LogP contribution in [0.15, 0.2) is 24.3 Å². The molecule has 7 heteroatoms. The van der Waals surface area contributed by atoms with Gasteiger partial charge in [-0.3, -0.25) is 9.59 Å². The van der Waals surface area contributed by atoms with Gasteiger partial charge in [0.1, 0.15) is 5.75 Å². The van der Waals surface area contributed by atoms with Crippen molar-refractivity contribution < 1.29 is 19.1 Å². The molecule has 1 saturated heterocycles. The highest BCUT2D eigenvalue weighted by Gasteiger charge is 2.55. The zero-order valence-corrected chi connectivity index (χ0v) is 18.7. The van der Waals surface area contributed by atoms with E-state index >= 15 is 0 Å². The summed E-state index contributed by atoms with van der Waals surface area (Å²) in [7, 11) is 1.56. The van der Waals surface area contributed by atoms with Crippen LogP contribution in [0.1, 0.15) is 39.0 Å². The molecule has 29 heavy (non-hydrogen) atoms. The molecule has 1 aliphatic heterocycles. The topological polar surface area (TPSA) is 64.6 Å². The molecule has 158 valence electrons. The van der Waals surface area contributed by atoms with E-state index in [1.54, 1.807) is 26.2 Å². The smallest absolute Gasteiger partial charge is 0.309 e. The number of hydrogen-bond donors (Lipinski definition) is 1. The van der Waals surface area contributed by atoms with Gasteiger partial charge in [0, 0.05) is 11.5 Å². The van der Waals surface area contributed by atoms with Crippen LogP contribution in [0.3, 0.4) is 0 Å². The molecule has 0 aromatic heterocycles. The Morgan fingerprint density at radius 1 is 1.14 bits per heavy atom. The van der Waals surface area contributed by atoms with Crippen molar-refractivity contribution >= 4 is 41.1 Å². The van der Waals surface area contributed by atoms with Crippen LogP contribution in [0.4, 0.5) is 5.69 Å². The Balaban J connectivity index is 1.36. The predicted molar refractivity (Wildman–Crippen MR) is 118 cm³/mol. The third kappa shape index (κ3) is 4.13. The van der Waals surface area contributed by atoms with Gasteiger partial charge in [-0.1, -0.05) is 18.6 Å². The van der Waals surface area contributed by atoms with Crippen LogP contribution in [-0.2, 0) is 14.3 Å². The first-order valence-electron chi connectivity index (χ1n) is 10.5. The predicted octanol–water partition coefficient (Wildman–Crippen LogP) is 4.57. The second-order valence-corrected chi connectivity index (χ2v) is 11.2. The van der Waals surface area contributed by atoms with Gasteiger partial charge in [0.25, 0.3) is 5.91 Å². The van der Waals surface area contributed by atoms with Crippen LogP contribution in [0.25, 0.3) is 0 Å². The molecule has 1 aromatic carbocycles. The quantitative estimate of drug-likeness (QED) is 0.684. The summed E-state index contributed by atoms with van der Waals surface area (Å²) in [5.74, 6) is 3.57. The summed E-state index contributed by atoms with van der Waals surface area (Å²) in [5, 5.41) is 2.80. The van der Waals surface area contributed by atoms with E-state index in [0.717, 1.165) is 12.8 Å². The fourth-order valence-corrected chi connectivity index (χ4v) is 9.05. The molecular weight excluding hydrogens is 406 g/mol. The van der Waals surface area contributed by atoms with Gasteiger partial charge in [0.2, 0.25) is 0 Å². The monoisotopic (exact) mass is 435 g/mol. The number of methoxy groups -OCH3 is 1. The Morgan fingerprint density at radius 2 is 1.79 bits per heavy atom. The van der Waals surface area contributed by atoms with Crippen molar-refractivity contribution in [2.24, 2.45) is 17.8 Å². The Bertz CT molecular complexity index is 749. The zero-order chi connectivity index (χ0) is 20.4. The van der Waals surface area contributed by atoms with Gasteiger partial charge in [-0.2, -0.15) is 0 Å². The molecule has 3 fully saturated rings. The van der Waals surface area contributed by atoms with Crippen molar-refractivity contribution in [3.63, 3.8) is 0 Å². The molecule has 1 aromatic rings. The summed E-state index contributed by atoms with van der Waals surface area (Å²) < 4.78 is 11.2. The molecule has 2 aliphatic carbocycles. The maximum atomic E-state index is 12.9.